The lowest BCUT2D eigenvalue weighted by atomic mass is 9.90. The number of ether oxygens (including phenoxy) is 1. The molecule has 3 fully saturated rings. The Bertz CT molecular complexity index is 1470. The van der Waals surface area contributed by atoms with Crippen LogP contribution >= 0.6 is 0 Å². The van der Waals surface area contributed by atoms with Crippen LogP contribution in [0.4, 0.5) is 30.7 Å². The number of aromatic nitrogens is 2. The Balaban J connectivity index is 1.05. The third kappa shape index (κ3) is 7.80. The summed E-state index contributed by atoms with van der Waals surface area (Å²) >= 11 is 0. The van der Waals surface area contributed by atoms with Crippen LogP contribution in [0.25, 0.3) is 0 Å². The third-order valence-corrected chi connectivity index (χ3v) is 9.00. The molecule has 46 heavy (non-hydrogen) atoms. The molecular weight excluding hydrogens is 601 g/mol. The largest absolute Gasteiger partial charge is 0.461 e. The summed E-state index contributed by atoms with van der Waals surface area (Å²) in [5.41, 5.74) is 0.0741. The predicted molar refractivity (Wildman–Crippen MR) is 166 cm³/mol. The molecule has 3 aromatic rings. The van der Waals surface area contributed by atoms with Crippen molar-refractivity contribution in [2.24, 2.45) is 0 Å². The second-order valence-electron chi connectivity index (χ2n) is 12.2. The first-order chi connectivity index (χ1) is 22.2. The molecule has 0 atom stereocenters. The molecular formula is C33H39F3N6O4. The van der Waals surface area contributed by atoms with Gasteiger partial charge >= 0.3 is 12.1 Å². The topological polar surface area (TPSA) is 104 Å². The number of amides is 1. The summed E-state index contributed by atoms with van der Waals surface area (Å²) in [6.07, 6.45) is 2.99. The van der Waals surface area contributed by atoms with E-state index < -0.39 is 23.5 Å². The van der Waals surface area contributed by atoms with E-state index in [-0.39, 0.29) is 30.3 Å². The minimum Gasteiger partial charge on any atom is -0.461 e. The summed E-state index contributed by atoms with van der Waals surface area (Å²) in [6, 6.07) is 13.1. The predicted octanol–water partition coefficient (Wildman–Crippen LogP) is 5.72. The molecule has 6 rings (SSSR count). The fourth-order valence-corrected chi connectivity index (χ4v) is 6.52. The van der Waals surface area contributed by atoms with E-state index >= 15 is 0 Å². The molecule has 1 aromatic carbocycles. The second kappa shape index (κ2) is 14.1. The summed E-state index contributed by atoms with van der Waals surface area (Å²) in [6.45, 7) is 3.98. The number of carbonyl (C=O) groups excluding carboxylic acids is 2. The van der Waals surface area contributed by atoms with Gasteiger partial charge in [-0.05, 0) is 68.6 Å². The van der Waals surface area contributed by atoms with E-state index in [1.807, 2.05) is 18.2 Å². The molecule has 3 aliphatic rings. The maximum atomic E-state index is 13.9. The molecule has 2 saturated heterocycles. The van der Waals surface area contributed by atoms with Crippen molar-refractivity contribution in [3.63, 3.8) is 0 Å². The Morgan fingerprint density at radius 1 is 0.891 bits per heavy atom. The highest BCUT2D eigenvalue weighted by Gasteiger charge is 2.42. The van der Waals surface area contributed by atoms with E-state index in [9.17, 15) is 22.8 Å². The highest BCUT2D eigenvalue weighted by Crippen LogP contribution is 2.36. The van der Waals surface area contributed by atoms with Crippen molar-refractivity contribution >= 4 is 29.4 Å². The van der Waals surface area contributed by atoms with Crippen molar-refractivity contribution in [2.45, 2.75) is 63.1 Å². The number of oxazole rings is 1. The molecule has 2 aromatic heterocycles. The van der Waals surface area contributed by atoms with Crippen molar-refractivity contribution in [2.75, 3.05) is 60.9 Å². The Morgan fingerprint density at radius 2 is 1.65 bits per heavy atom. The molecule has 0 spiro atoms. The normalized spacial score (nSPS) is 18.8. The van der Waals surface area contributed by atoms with E-state index in [1.165, 1.54) is 11.8 Å². The number of pyridine rings is 1. The lowest BCUT2D eigenvalue weighted by Crippen LogP contribution is -2.36. The Hall–Kier alpha value is -4.13. The number of alkyl halides is 3. The number of carbonyl (C=O) groups is 2. The van der Waals surface area contributed by atoms with Crippen molar-refractivity contribution in [1.29, 1.82) is 0 Å². The molecule has 1 aliphatic carbocycles. The number of anilines is 3. The van der Waals surface area contributed by atoms with Crippen LogP contribution in [0.15, 0.2) is 53.1 Å². The monoisotopic (exact) mass is 640 g/mol. The van der Waals surface area contributed by atoms with Crippen LogP contribution < -0.4 is 15.1 Å². The summed E-state index contributed by atoms with van der Waals surface area (Å²) in [4.78, 5) is 39.4. The average molecular weight is 641 g/mol. The molecule has 1 amide bonds. The summed E-state index contributed by atoms with van der Waals surface area (Å²) in [7, 11) is 0. The van der Waals surface area contributed by atoms with Crippen LogP contribution in [0.2, 0.25) is 0 Å². The van der Waals surface area contributed by atoms with Gasteiger partial charge in [-0.25, -0.2) is 4.98 Å². The maximum absolute atomic E-state index is 13.9. The Morgan fingerprint density at radius 3 is 2.35 bits per heavy atom. The Labute approximate surface area is 265 Å². The van der Waals surface area contributed by atoms with E-state index in [2.05, 4.69) is 37.2 Å². The minimum atomic E-state index is -4.87. The fraction of sp³-hybridized carbons (Fsp3) is 0.515. The zero-order valence-corrected chi connectivity index (χ0v) is 25.7. The molecule has 10 nitrogen and oxygen atoms in total. The summed E-state index contributed by atoms with van der Waals surface area (Å²) in [5, 5.41) is 2.48. The number of nitrogens with zero attached hydrogens (tertiary/aromatic N) is 5. The SMILES string of the molecule is O=C(CN1CCCN(c2ccc(NC(=O)c3oc(N4CCC(c5ccccc5)CC4)nc3C(F)(F)F)cn2)CC1)OC1CCCC1. The smallest absolute Gasteiger partial charge is 0.437 e. The zero-order chi connectivity index (χ0) is 32.1. The molecule has 4 heterocycles. The first-order valence-corrected chi connectivity index (χ1v) is 16.0. The van der Waals surface area contributed by atoms with Gasteiger partial charge in [-0.1, -0.05) is 30.3 Å². The van der Waals surface area contributed by atoms with Crippen LogP contribution in [-0.2, 0) is 15.7 Å². The molecule has 0 unspecified atom stereocenters. The van der Waals surface area contributed by atoms with Gasteiger partial charge < -0.3 is 24.3 Å². The van der Waals surface area contributed by atoms with Gasteiger partial charge in [0.15, 0.2) is 5.69 Å². The van der Waals surface area contributed by atoms with Crippen LogP contribution in [0, 0.1) is 0 Å². The van der Waals surface area contributed by atoms with Gasteiger partial charge in [0.25, 0.3) is 11.9 Å². The van der Waals surface area contributed by atoms with Gasteiger partial charge in [0.1, 0.15) is 11.9 Å². The van der Waals surface area contributed by atoms with Crippen molar-refractivity contribution < 1.29 is 31.9 Å². The van der Waals surface area contributed by atoms with Gasteiger partial charge in [0, 0.05) is 39.3 Å². The minimum absolute atomic E-state index is 0.0493. The maximum Gasteiger partial charge on any atom is 0.437 e. The third-order valence-electron chi connectivity index (χ3n) is 9.00. The highest BCUT2D eigenvalue weighted by molar-refractivity contribution is 6.03. The van der Waals surface area contributed by atoms with Gasteiger partial charge in [0.05, 0.1) is 18.4 Å². The number of piperidine rings is 1. The number of benzene rings is 1. The van der Waals surface area contributed by atoms with Crippen LogP contribution in [-0.4, -0.2) is 78.7 Å². The fourth-order valence-electron chi connectivity index (χ4n) is 6.52. The summed E-state index contributed by atoms with van der Waals surface area (Å²) in [5.74, 6) is -1.14. The molecule has 1 saturated carbocycles. The van der Waals surface area contributed by atoms with E-state index in [0.717, 1.165) is 58.0 Å². The van der Waals surface area contributed by atoms with Crippen molar-refractivity contribution in [3.05, 3.63) is 65.7 Å². The number of hydrogen-bond donors (Lipinski definition) is 1. The van der Waals surface area contributed by atoms with Crippen molar-refractivity contribution in [1.82, 2.24) is 14.9 Å². The molecule has 0 bridgehead atoms. The number of hydrogen-bond acceptors (Lipinski definition) is 9. The number of esters is 1. The number of nitrogens with one attached hydrogen (secondary N) is 1. The van der Waals surface area contributed by atoms with Gasteiger partial charge in [0.2, 0.25) is 5.76 Å². The zero-order valence-electron chi connectivity index (χ0n) is 25.7. The van der Waals surface area contributed by atoms with Gasteiger partial charge in [-0.15, -0.1) is 0 Å². The summed E-state index contributed by atoms with van der Waals surface area (Å²) < 4.78 is 52.9. The molecule has 2 aliphatic heterocycles. The average Bonchev–Trinajstić information content (AvgIpc) is 3.69. The van der Waals surface area contributed by atoms with E-state index in [4.69, 9.17) is 9.15 Å². The first kappa shape index (κ1) is 31.8. The second-order valence-corrected chi connectivity index (χ2v) is 12.2. The highest BCUT2D eigenvalue weighted by atomic mass is 19.4. The quantitative estimate of drug-likeness (QED) is 0.310. The Kier molecular flexibility index (Phi) is 9.76. The molecule has 13 heteroatoms. The van der Waals surface area contributed by atoms with Crippen LogP contribution in [0.1, 0.15) is 72.7 Å². The van der Waals surface area contributed by atoms with Gasteiger partial charge in [-0.3, -0.25) is 14.5 Å². The molecule has 1 N–H and O–H groups in total. The number of halogens is 3. The van der Waals surface area contributed by atoms with Crippen LogP contribution in [0.5, 0.6) is 0 Å². The lowest BCUT2D eigenvalue weighted by Gasteiger charge is -2.31. The van der Waals surface area contributed by atoms with E-state index in [1.54, 1.807) is 17.0 Å². The standard InChI is InChI=1S/C33H39F3N6O4/c34-33(35,36)30-29(46-32(39-30)42-17-13-24(14-18-42)23-7-2-1-3-8-23)31(44)38-25-11-12-27(37-21-25)41-16-6-15-40(19-20-41)22-28(43)45-26-9-4-5-10-26/h1-3,7-8,11-12,21,24,26H,4-6,9-10,13-20,22H2,(H,38,44). The lowest BCUT2D eigenvalue weighted by molar-refractivity contribution is -0.150. The van der Waals surface area contributed by atoms with Crippen LogP contribution in [0.3, 0.4) is 0 Å². The number of rotatable bonds is 8. The van der Waals surface area contributed by atoms with E-state index in [0.29, 0.717) is 37.9 Å². The van der Waals surface area contributed by atoms with Gasteiger partial charge in [-0.2, -0.15) is 18.2 Å². The molecule has 246 valence electrons. The molecule has 0 radical (unpaired) electrons. The first-order valence-electron chi connectivity index (χ1n) is 16.0. The van der Waals surface area contributed by atoms with Crippen molar-refractivity contribution in [3.8, 4) is 0 Å².